The van der Waals surface area contributed by atoms with E-state index in [0.29, 0.717) is 18.0 Å². The highest BCUT2D eigenvalue weighted by Gasteiger charge is 2.20. The van der Waals surface area contributed by atoms with Gasteiger partial charge in [-0.1, -0.05) is 11.6 Å². The number of amides is 1. The molecule has 0 fully saturated rings. The molecule has 0 saturated heterocycles. The number of thioether (sulfide) groups is 1. The molecule has 7 nitrogen and oxygen atoms in total. The molecule has 0 saturated carbocycles. The van der Waals surface area contributed by atoms with Gasteiger partial charge >= 0.3 is 0 Å². The zero-order valence-electron chi connectivity index (χ0n) is 13.0. The Morgan fingerprint density at radius 1 is 1.54 bits per heavy atom. The smallest absolute Gasteiger partial charge is 0.227 e. The second-order valence-corrected chi connectivity index (χ2v) is 7.46. The molecular weight excluding hydrogens is 372 g/mol. The van der Waals surface area contributed by atoms with Crippen molar-refractivity contribution in [3.8, 4) is 5.69 Å². The van der Waals surface area contributed by atoms with Crippen molar-refractivity contribution in [2.75, 3.05) is 22.3 Å². The van der Waals surface area contributed by atoms with Crippen LogP contribution < -0.4 is 4.90 Å². The van der Waals surface area contributed by atoms with Crippen molar-refractivity contribution in [2.45, 2.75) is 13.3 Å². The molecule has 2 rings (SSSR count). The molecule has 0 bridgehead atoms. The normalized spacial score (nSPS) is 12.1. The molecule has 10 heteroatoms. The van der Waals surface area contributed by atoms with Crippen LogP contribution >= 0.6 is 23.4 Å². The number of carbonyl (C=O) groups is 1. The van der Waals surface area contributed by atoms with Crippen molar-refractivity contribution in [3.05, 3.63) is 35.9 Å². The van der Waals surface area contributed by atoms with Crippen molar-refractivity contribution in [1.82, 2.24) is 14.8 Å². The third-order valence-corrected chi connectivity index (χ3v) is 5.35. The molecule has 0 aliphatic rings. The van der Waals surface area contributed by atoms with Gasteiger partial charge in [0.05, 0.1) is 23.2 Å². The maximum Gasteiger partial charge on any atom is 0.227 e. The lowest BCUT2D eigenvalue weighted by atomic mass is 10.3. The predicted molar refractivity (Wildman–Crippen MR) is 97.1 cm³/mol. The van der Waals surface area contributed by atoms with E-state index in [2.05, 4.69) is 10.1 Å². The molecule has 0 aliphatic carbocycles. The molecule has 1 N–H and O–H groups in total. The van der Waals surface area contributed by atoms with Gasteiger partial charge in [-0.25, -0.2) is 8.89 Å². The van der Waals surface area contributed by atoms with Crippen molar-refractivity contribution >= 4 is 46.0 Å². The summed E-state index contributed by atoms with van der Waals surface area (Å²) in [6.45, 7) is 2.31. The molecule has 24 heavy (non-hydrogen) atoms. The fourth-order valence-corrected chi connectivity index (χ4v) is 3.64. The van der Waals surface area contributed by atoms with Gasteiger partial charge in [-0.15, -0.1) is 11.8 Å². The number of aromatic nitrogens is 3. The average molecular weight is 389 g/mol. The first kappa shape index (κ1) is 18.9. The predicted octanol–water partition coefficient (Wildman–Crippen LogP) is 2.58. The van der Waals surface area contributed by atoms with E-state index in [4.69, 9.17) is 16.2 Å². The Balaban J connectivity index is 2.08. The van der Waals surface area contributed by atoms with Gasteiger partial charge in [-0.05, 0) is 19.1 Å². The van der Waals surface area contributed by atoms with E-state index in [9.17, 15) is 9.00 Å². The minimum atomic E-state index is -1.85. The van der Waals surface area contributed by atoms with Gasteiger partial charge in [0, 0.05) is 24.9 Å². The lowest BCUT2D eigenvalue weighted by molar-refractivity contribution is -0.118. The number of halogens is 1. The molecule has 2 aromatic rings. The minimum Gasteiger partial charge on any atom is -0.308 e. The van der Waals surface area contributed by atoms with E-state index >= 15 is 0 Å². The van der Waals surface area contributed by atoms with Crippen molar-refractivity contribution < 1.29 is 13.6 Å². The number of hydrogen-bond donors (Lipinski definition) is 1. The van der Waals surface area contributed by atoms with E-state index in [1.165, 1.54) is 11.8 Å². The molecule has 0 aliphatic heterocycles. The number of hydrogen-bond acceptors (Lipinski definition) is 5. The van der Waals surface area contributed by atoms with Gasteiger partial charge in [0.15, 0.2) is 16.2 Å². The Morgan fingerprint density at radius 2 is 2.33 bits per heavy atom. The van der Waals surface area contributed by atoms with Crippen LogP contribution in [0.25, 0.3) is 5.69 Å². The summed E-state index contributed by atoms with van der Waals surface area (Å²) in [6, 6.07) is 3.62. The van der Waals surface area contributed by atoms with Crippen LogP contribution in [0.2, 0.25) is 5.15 Å². The lowest BCUT2D eigenvalue weighted by Crippen LogP contribution is -2.30. The van der Waals surface area contributed by atoms with E-state index < -0.39 is 11.1 Å². The van der Waals surface area contributed by atoms with E-state index in [-0.39, 0.29) is 22.6 Å². The van der Waals surface area contributed by atoms with Crippen LogP contribution in [-0.2, 0) is 15.9 Å². The first-order chi connectivity index (χ1) is 11.5. The summed E-state index contributed by atoms with van der Waals surface area (Å²) in [4.78, 5) is 18.0. The molecule has 1 amide bonds. The first-order valence-electron chi connectivity index (χ1n) is 7.14. The summed E-state index contributed by atoms with van der Waals surface area (Å²) in [7, 11) is 0. The Hall–Kier alpha value is -1.42. The molecule has 0 aromatic carbocycles. The third kappa shape index (κ3) is 5.04. The zero-order chi connectivity index (χ0) is 17.5. The maximum absolute atomic E-state index is 12.4. The van der Waals surface area contributed by atoms with E-state index in [1.807, 2.05) is 13.0 Å². The fourth-order valence-electron chi connectivity index (χ4n) is 2.05. The Morgan fingerprint density at radius 3 is 2.96 bits per heavy atom. The van der Waals surface area contributed by atoms with Crippen LogP contribution in [0.1, 0.15) is 13.3 Å². The van der Waals surface area contributed by atoms with Crippen LogP contribution in [-0.4, -0.2) is 46.8 Å². The van der Waals surface area contributed by atoms with E-state index in [1.54, 1.807) is 34.2 Å². The molecular formula is C14H17ClN4O3S2. The first-order valence-corrected chi connectivity index (χ1v) is 9.95. The summed E-state index contributed by atoms with van der Waals surface area (Å²) in [5.41, 5.74) is 1.28. The number of pyridine rings is 1. The highest BCUT2D eigenvalue weighted by atomic mass is 35.5. The Kier molecular flexibility index (Phi) is 7.22. The molecule has 130 valence electrons. The Labute approximate surface area is 151 Å². The molecule has 2 heterocycles. The molecule has 0 spiro atoms. The molecule has 2 aromatic heterocycles. The van der Waals surface area contributed by atoms with Gasteiger partial charge in [0.1, 0.15) is 5.69 Å². The van der Waals surface area contributed by atoms with Crippen LogP contribution in [0.3, 0.4) is 0 Å². The Bertz CT molecular complexity index is 711. The van der Waals surface area contributed by atoms with Crippen molar-refractivity contribution in [3.63, 3.8) is 0 Å². The lowest BCUT2D eigenvalue weighted by Gasteiger charge is -2.19. The minimum absolute atomic E-state index is 0.0963. The average Bonchev–Trinajstić information content (AvgIpc) is 2.95. The maximum atomic E-state index is 12.4. The van der Waals surface area contributed by atoms with Crippen LogP contribution in [0.15, 0.2) is 30.7 Å². The topological polar surface area (TPSA) is 88.3 Å². The number of anilines is 1. The molecule has 1 atom stereocenters. The zero-order valence-corrected chi connectivity index (χ0v) is 15.4. The summed E-state index contributed by atoms with van der Waals surface area (Å²) >= 11 is 5.60. The van der Waals surface area contributed by atoms with Gasteiger partial charge in [0.2, 0.25) is 5.91 Å². The van der Waals surface area contributed by atoms with Gasteiger partial charge in [0.25, 0.3) is 0 Å². The van der Waals surface area contributed by atoms with Crippen molar-refractivity contribution in [2.24, 2.45) is 0 Å². The summed E-state index contributed by atoms with van der Waals surface area (Å²) < 4.78 is 20.9. The largest absolute Gasteiger partial charge is 0.308 e. The quantitative estimate of drug-likeness (QED) is 0.552. The molecule has 1 unspecified atom stereocenters. The number of rotatable bonds is 8. The summed E-state index contributed by atoms with van der Waals surface area (Å²) in [6.07, 6.45) is 5.26. The number of nitrogens with zero attached hydrogens (tertiary/aromatic N) is 4. The van der Waals surface area contributed by atoms with Crippen molar-refractivity contribution in [1.29, 1.82) is 0 Å². The molecule has 0 radical (unpaired) electrons. The monoisotopic (exact) mass is 388 g/mol. The second-order valence-electron chi connectivity index (χ2n) is 4.70. The van der Waals surface area contributed by atoms with Gasteiger partial charge in [-0.2, -0.15) is 5.10 Å². The second kappa shape index (κ2) is 9.16. The van der Waals surface area contributed by atoms with Crippen LogP contribution in [0.4, 0.5) is 5.69 Å². The summed E-state index contributed by atoms with van der Waals surface area (Å²) in [5, 5.41) is 4.55. The van der Waals surface area contributed by atoms with E-state index in [0.717, 1.165) is 5.69 Å². The highest BCUT2D eigenvalue weighted by molar-refractivity contribution is 8.08. The fraction of sp³-hybridized carbons (Fsp3) is 0.357. The summed E-state index contributed by atoms with van der Waals surface area (Å²) in [5.74, 6) is 0.358. The highest BCUT2D eigenvalue weighted by Crippen LogP contribution is 2.26. The van der Waals surface area contributed by atoms with Gasteiger partial charge < -0.3 is 9.45 Å². The van der Waals surface area contributed by atoms with Crippen LogP contribution in [0.5, 0.6) is 0 Å². The van der Waals surface area contributed by atoms with Gasteiger partial charge in [-0.3, -0.25) is 9.78 Å². The SMILES string of the molecule is CCN(C(=O)CCSCS(=O)O)c1cn(-c2cccnc2)nc1Cl. The third-order valence-electron chi connectivity index (χ3n) is 3.11. The number of carbonyl (C=O) groups excluding carboxylic acids is 1. The van der Waals surface area contributed by atoms with Crippen LogP contribution in [0, 0.1) is 0 Å². The standard InChI is InChI=1S/C14H17ClN4O3S2/c1-2-18(13(20)5-7-23-10-24(21)22)12-9-19(17-14(12)15)11-4-3-6-16-8-11/h3-4,6,8-9H,2,5,7,10H2,1H3,(H,21,22).